The van der Waals surface area contributed by atoms with Gasteiger partial charge in [-0.25, -0.2) is 9.59 Å². The molecule has 1 heterocycles. The quantitative estimate of drug-likeness (QED) is 0.790. The molecule has 6 nitrogen and oxygen atoms in total. The molecule has 0 radical (unpaired) electrons. The van der Waals surface area contributed by atoms with Gasteiger partial charge in [0.1, 0.15) is 11.9 Å². The van der Waals surface area contributed by atoms with E-state index in [1.807, 2.05) is 24.3 Å². The molecule has 1 saturated carbocycles. The summed E-state index contributed by atoms with van der Waals surface area (Å²) in [6.45, 7) is 6.17. The SMILES string of the molecule is COc1ccccc1[C@H]1NC(=O)NC(C)=C1C(=O)O[C@@H]1CC[C@H](C)[C@@H](C)C1. The second-order valence-corrected chi connectivity index (χ2v) is 7.61. The molecule has 0 saturated heterocycles. The van der Waals surface area contributed by atoms with Gasteiger partial charge in [-0.1, -0.05) is 32.0 Å². The minimum atomic E-state index is -0.609. The van der Waals surface area contributed by atoms with Crippen LogP contribution in [0, 0.1) is 11.8 Å². The Morgan fingerprint density at radius 3 is 2.59 bits per heavy atom. The highest BCUT2D eigenvalue weighted by atomic mass is 16.5. The minimum absolute atomic E-state index is 0.0834. The van der Waals surface area contributed by atoms with Crippen LogP contribution < -0.4 is 15.4 Å². The number of carbonyl (C=O) groups is 2. The summed E-state index contributed by atoms with van der Waals surface area (Å²) in [6.07, 6.45) is 2.73. The predicted molar refractivity (Wildman–Crippen MR) is 102 cm³/mol. The van der Waals surface area contributed by atoms with E-state index in [1.165, 1.54) is 0 Å². The van der Waals surface area contributed by atoms with Gasteiger partial charge in [-0.3, -0.25) is 0 Å². The van der Waals surface area contributed by atoms with Crippen LogP contribution in [0.4, 0.5) is 4.79 Å². The maximum atomic E-state index is 13.0. The number of carbonyl (C=O) groups excluding carboxylic acids is 2. The van der Waals surface area contributed by atoms with Gasteiger partial charge in [-0.2, -0.15) is 0 Å². The molecule has 0 unspecified atom stereocenters. The Kier molecular flexibility index (Phi) is 5.73. The second kappa shape index (κ2) is 8.03. The Labute approximate surface area is 160 Å². The van der Waals surface area contributed by atoms with Crippen molar-refractivity contribution in [3.05, 3.63) is 41.1 Å². The summed E-state index contributed by atoms with van der Waals surface area (Å²) in [5, 5.41) is 5.52. The summed E-state index contributed by atoms with van der Waals surface area (Å²) in [7, 11) is 1.57. The number of hydrogen-bond donors (Lipinski definition) is 2. The zero-order chi connectivity index (χ0) is 19.6. The molecule has 4 atom stereocenters. The molecular formula is C21H28N2O4. The lowest BCUT2D eigenvalue weighted by atomic mass is 9.80. The number of para-hydroxylation sites is 1. The molecule has 1 fully saturated rings. The van der Waals surface area contributed by atoms with Gasteiger partial charge in [0.05, 0.1) is 18.7 Å². The fourth-order valence-electron chi connectivity index (χ4n) is 3.92. The summed E-state index contributed by atoms with van der Waals surface area (Å²) in [5.41, 5.74) is 1.66. The Balaban J connectivity index is 1.87. The first-order chi connectivity index (χ1) is 12.9. The highest BCUT2D eigenvalue weighted by molar-refractivity contribution is 5.95. The number of allylic oxidation sites excluding steroid dienone is 1. The van der Waals surface area contributed by atoms with E-state index in [1.54, 1.807) is 14.0 Å². The Bertz CT molecular complexity index is 758. The topological polar surface area (TPSA) is 76.7 Å². The lowest BCUT2D eigenvalue weighted by molar-refractivity contribution is -0.147. The fourth-order valence-corrected chi connectivity index (χ4v) is 3.92. The molecular weight excluding hydrogens is 344 g/mol. The van der Waals surface area contributed by atoms with Crippen LogP contribution in [-0.4, -0.2) is 25.2 Å². The maximum absolute atomic E-state index is 13.0. The monoisotopic (exact) mass is 372 g/mol. The molecule has 2 aliphatic rings. The van der Waals surface area contributed by atoms with E-state index in [0.717, 1.165) is 24.8 Å². The largest absolute Gasteiger partial charge is 0.496 e. The molecule has 0 bridgehead atoms. The zero-order valence-electron chi connectivity index (χ0n) is 16.4. The van der Waals surface area contributed by atoms with Crippen LogP contribution in [-0.2, 0) is 9.53 Å². The lowest BCUT2D eigenvalue weighted by Gasteiger charge is -2.33. The van der Waals surface area contributed by atoms with Crippen LogP contribution in [0.5, 0.6) is 5.75 Å². The van der Waals surface area contributed by atoms with E-state index in [9.17, 15) is 9.59 Å². The highest BCUT2D eigenvalue weighted by Crippen LogP contribution is 2.35. The zero-order valence-corrected chi connectivity index (χ0v) is 16.4. The number of amides is 2. The number of benzene rings is 1. The first-order valence-corrected chi connectivity index (χ1v) is 9.52. The third kappa shape index (κ3) is 4.10. The van der Waals surface area contributed by atoms with E-state index >= 15 is 0 Å². The summed E-state index contributed by atoms with van der Waals surface area (Å²) in [6, 6.07) is 6.41. The molecule has 2 amide bonds. The molecule has 27 heavy (non-hydrogen) atoms. The molecule has 146 valence electrons. The molecule has 3 rings (SSSR count). The Morgan fingerprint density at radius 2 is 1.89 bits per heavy atom. The van der Waals surface area contributed by atoms with Gasteiger partial charge in [0.15, 0.2) is 0 Å². The van der Waals surface area contributed by atoms with Crippen molar-refractivity contribution in [2.45, 2.75) is 52.2 Å². The summed E-state index contributed by atoms with van der Waals surface area (Å²) in [5.74, 6) is 1.41. The first kappa shape index (κ1) is 19.3. The van der Waals surface area contributed by atoms with Gasteiger partial charge in [0.2, 0.25) is 0 Å². The Hall–Kier alpha value is -2.50. The predicted octanol–water partition coefficient (Wildman–Crippen LogP) is 3.69. The van der Waals surface area contributed by atoms with Gasteiger partial charge < -0.3 is 20.1 Å². The van der Waals surface area contributed by atoms with E-state index in [0.29, 0.717) is 28.9 Å². The Morgan fingerprint density at radius 1 is 1.15 bits per heavy atom. The molecule has 1 aromatic carbocycles. The molecule has 1 aliphatic heterocycles. The molecule has 1 aliphatic carbocycles. The van der Waals surface area contributed by atoms with Crippen molar-refractivity contribution >= 4 is 12.0 Å². The normalized spacial score (nSPS) is 28.2. The average molecular weight is 372 g/mol. The molecule has 1 aromatic rings. The number of urea groups is 1. The van der Waals surface area contributed by atoms with Crippen LogP contribution >= 0.6 is 0 Å². The molecule has 0 spiro atoms. The van der Waals surface area contributed by atoms with Crippen LogP contribution in [0.1, 0.15) is 51.6 Å². The fraction of sp³-hybridized carbons (Fsp3) is 0.524. The summed E-state index contributed by atoms with van der Waals surface area (Å²) in [4.78, 5) is 25.1. The number of esters is 1. The standard InChI is InChI=1S/C21H28N2O4/c1-12-9-10-15(11-13(12)2)27-20(24)18-14(3)22-21(25)23-19(18)16-7-5-6-8-17(16)26-4/h5-8,12-13,15,19H,9-11H2,1-4H3,(H2,22,23,25)/t12-,13-,15+,19+/m0/s1. The van der Waals surface area contributed by atoms with Gasteiger partial charge in [-0.05, 0) is 44.1 Å². The van der Waals surface area contributed by atoms with E-state index < -0.39 is 6.04 Å². The van der Waals surface area contributed by atoms with Gasteiger partial charge in [-0.15, -0.1) is 0 Å². The third-order valence-corrected chi connectivity index (χ3v) is 5.76. The smallest absolute Gasteiger partial charge is 0.338 e. The first-order valence-electron chi connectivity index (χ1n) is 9.52. The number of methoxy groups -OCH3 is 1. The second-order valence-electron chi connectivity index (χ2n) is 7.61. The average Bonchev–Trinajstić information content (AvgIpc) is 2.64. The van der Waals surface area contributed by atoms with Crippen molar-refractivity contribution in [3.63, 3.8) is 0 Å². The van der Waals surface area contributed by atoms with Crippen LogP contribution in [0.25, 0.3) is 0 Å². The van der Waals surface area contributed by atoms with E-state index in [-0.39, 0.29) is 18.1 Å². The van der Waals surface area contributed by atoms with Gasteiger partial charge in [0.25, 0.3) is 0 Å². The van der Waals surface area contributed by atoms with E-state index in [2.05, 4.69) is 24.5 Å². The molecule has 6 heteroatoms. The highest BCUT2D eigenvalue weighted by Gasteiger charge is 2.36. The van der Waals surface area contributed by atoms with E-state index in [4.69, 9.17) is 9.47 Å². The van der Waals surface area contributed by atoms with Gasteiger partial charge >= 0.3 is 12.0 Å². The van der Waals surface area contributed by atoms with Crippen molar-refractivity contribution < 1.29 is 19.1 Å². The number of rotatable bonds is 4. The molecule has 2 N–H and O–H groups in total. The van der Waals surface area contributed by atoms with Crippen LogP contribution in [0.15, 0.2) is 35.5 Å². The number of hydrogen-bond acceptors (Lipinski definition) is 4. The number of nitrogens with one attached hydrogen (secondary N) is 2. The van der Waals surface area contributed by atoms with Crippen molar-refractivity contribution in [2.24, 2.45) is 11.8 Å². The van der Waals surface area contributed by atoms with Crippen LogP contribution in [0.2, 0.25) is 0 Å². The lowest BCUT2D eigenvalue weighted by Crippen LogP contribution is -2.46. The van der Waals surface area contributed by atoms with Crippen molar-refractivity contribution in [1.29, 1.82) is 0 Å². The van der Waals surface area contributed by atoms with Crippen molar-refractivity contribution in [1.82, 2.24) is 10.6 Å². The van der Waals surface area contributed by atoms with Crippen molar-refractivity contribution in [3.8, 4) is 5.75 Å². The van der Waals surface area contributed by atoms with Gasteiger partial charge in [0, 0.05) is 11.3 Å². The van der Waals surface area contributed by atoms with Crippen LogP contribution in [0.3, 0.4) is 0 Å². The maximum Gasteiger partial charge on any atom is 0.338 e. The third-order valence-electron chi connectivity index (χ3n) is 5.76. The minimum Gasteiger partial charge on any atom is -0.496 e. The summed E-state index contributed by atoms with van der Waals surface area (Å²) >= 11 is 0. The number of ether oxygens (including phenoxy) is 2. The molecule has 0 aromatic heterocycles. The van der Waals surface area contributed by atoms with Crippen molar-refractivity contribution in [2.75, 3.05) is 7.11 Å². The summed E-state index contributed by atoms with van der Waals surface area (Å²) < 4.78 is 11.3.